The van der Waals surface area contributed by atoms with Gasteiger partial charge in [0.1, 0.15) is 12.1 Å². The smallest absolute Gasteiger partial charge is 0.126 e. The molecule has 0 radical (unpaired) electrons. The van der Waals surface area contributed by atoms with Crippen LogP contribution in [0.1, 0.15) is 5.69 Å². The summed E-state index contributed by atoms with van der Waals surface area (Å²) in [6.45, 7) is 0.647. The first-order chi connectivity index (χ1) is 8.92. The second-order valence-corrected chi connectivity index (χ2v) is 3.94. The zero-order valence-electron chi connectivity index (χ0n) is 9.74. The highest BCUT2D eigenvalue weighted by molar-refractivity contribution is 5.79. The van der Waals surface area contributed by atoms with Crippen molar-refractivity contribution in [2.75, 3.05) is 5.32 Å². The van der Waals surface area contributed by atoms with Gasteiger partial charge in [0.05, 0.1) is 17.8 Å². The van der Waals surface area contributed by atoms with Crippen molar-refractivity contribution in [3.05, 3.63) is 60.7 Å². The largest absolute Gasteiger partial charge is 0.364 e. The molecule has 1 N–H and O–H groups in total. The van der Waals surface area contributed by atoms with Gasteiger partial charge in [0, 0.05) is 11.6 Å². The molecule has 0 atom stereocenters. The van der Waals surface area contributed by atoms with Crippen LogP contribution in [0.5, 0.6) is 0 Å². The lowest BCUT2D eigenvalue weighted by Gasteiger charge is -2.05. The summed E-state index contributed by atoms with van der Waals surface area (Å²) in [5.74, 6) is 0.854. The van der Waals surface area contributed by atoms with Crippen LogP contribution in [0.25, 0.3) is 10.9 Å². The highest BCUT2D eigenvalue weighted by Crippen LogP contribution is 2.14. The number of rotatable bonds is 3. The number of hydrogen-bond donors (Lipinski definition) is 1. The molecule has 4 heteroatoms. The van der Waals surface area contributed by atoms with Crippen molar-refractivity contribution in [3.63, 3.8) is 0 Å². The molecule has 2 aromatic heterocycles. The van der Waals surface area contributed by atoms with Gasteiger partial charge in [0.25, 0.3) is 0 Å². The summed E-state index contributed by atoms with van der Waals surface area (Å²) in [5.41, 5.74) is 1.94. The molecule has 0 bridgehead atoms. The third-order valence-corrected chi connectivity index (χ3v) is 2.69. The molecule has 2 heterocycles. The minimum absolute atomic E-state index is 0.647. The summed E-state index contributed by atoms with van der Waals surface area (Å²) in [7, 11) is 0. The van der Waals surface area contributed by atoms with E-state index in [4.69, 9.17) is 0 Å². The fourth-order valence-electron chi connectivity index (χ4n) is 1.77. The van der Waals surface area contributed by atoms with E-state index in [1.165, 1.54) is 0 Å². The molecule has 0 aliphatic heterocycles. The van der Waals surface area contributed by atoms with Gasteiger partial charge in [-0.3, -0.25) is 0 Å². The van der Waals surface area contributed by atoms with Crippen molar-refractivity contribution >= 4 is 16.7 Å². The number of nitrogens with zero attached hydrogens (tertiary/aromatic N) is 3. The van der Waals surface area contributed by atoms with Crippen LogP contribution < -0.4 is 5.32 Å². The Morgan fingerprint density at radius 1 is 1.00 bits per heavy atom. The molecule has 3 aromatic rings. The highest BCUT2D eigenvalue weighted by atomic mass is 15.0. The van der Waals surface area contributed by atoms with Gasteiger partial charge in [-0.1, -0.05) is 18.2 Å². The zero-order chi connectivity index (χ0) is 12.2. The number of para-hydroxylation sites is 1. The van der Waals surface area contributed by atoms with E-state index in [0.717, 1.165) is 22.4 Å². The van der Waals surface area contributed by atoms with E-state index in [0.29, 0.717) is 6.54 Å². The fourth-order valence-corrected chi connectivity index (χ4v) is 1.77. The first kappa shape index (κ1) is 10.7. The minimum atomic E-state index is 0.647. The second-order valence-electron chi connectivity index (χ2n) is 3.94. The van der Waals surface area contributed by atoms with E-state index >= 15 is 0 Å². The van der Waals surface area contributed by atoms with E-state index in [9.17, 15) is 0 Å². The predicted octanol–water partition coefficient (Wildman–Crippen LogP) is 2.64. The number of hydrogen-bond acceptors (Lipinski definition) is 4. The maximum atomic E-state index is 4.54. The summed E-state index contributed by atoms with van der Waals surface area (Å²) < 4.78 is 0. The van der Waals surface area contributed by atoms with Crippen molar-refractivity contribution in [2.24, 2.45) is 0 Å². The average molecular weight is 236 g/mol. The molecule has 0 fully saturated rings. The Bertz CT molecular complexity index is 652. The fraction of sp³-hybridized carbons (Fsp3) is 0.0714. The van der Waals surface area contributed by atoms with Crippen LogP contribution in [0.3, 0.4) is 0 Å². The summed E-state index contributed by atoms with van der Waals surface area (Å²) >= 11 is 0. The minimum Gasteiger partial charge on any atom is -0.364 e. The van der Waals surface area contributed by atoms with Gasteiger partial charge in [-0.05, 0) is 24.3 Å². The van der Waals surface area contributed by atoms with Gasteiger partial charge in [0.15, 0.2) is 0 Å². The van der Waals surface area contributed by atoms with Crippen LogP contribution in [-0.2, 0) is 6.54 Å². The Kier molecular flexibility index (Phi) is 2.84. The van der Waals surface area contributed by atoms with Crippen molar-refractivity contribution < 1.29 is 0 Å². The van der Waals surface area contributed by atoms with Crippen LogP contribution in [-0.4, -0.2) is 15.0 Å². The average Bonchev–Trinajstić information content (AvgIpc) is 2.46. The molecule has 0 spiro atoms. The van der Waals surface area contributed by atoms with Crippen molar-refractivity contribution in [1.29, 1.82) is 0 Å². The summed E-state index contributed by atoms with van der Waals surface area (Å²) in [4.78, 5) is 12.6. The normalized spacial score (nSPS) is 10.4. The maximum Gasteiger partial charge on any atom is 0.126 e. The number of nitrogens with one attached hydrogen (secondary N) is 1. The molecule has 18 heavy (non-hydrogen) atoms. The van der Waals surface area contributed by atoms with E-state index in [-0.39, 0.29) is 0 Å². The van der Waals surface area contributed by atoms with Crippen LogP contribution in [0.15, 0.2) is 55.0 Å². The van der Waals surface area contributed by atoms with E-state index < -0.39 is 0 Å². The lowest BCUT2D eigenvalue weighted by molar-refractivity contribution is 0.999. The molecule has 3 rings (SSSR count). The number of aromatic nitrogens is 3. The van der Waals surface area contributed by atoms with Gasteiger partial charge in [-0.25, -0.2) is 15.0 Å². The van der Waals surface area contributed by atoms with Crippen LogP contribution in [0.2, 0.25) is 0 Å². The molecule has 0 saturated heterocycles. The molecule has 0 unspecified atom stereocenters. The zero-order valence-corrected chi connectivity index (χ0v) is 9.74. The van der Waals surface area contributed by atoms with Crippen LogP contribution in [0.4, 0.5) is 5.82 Å². The van der Waals surface area contributed by atoms with E-state index in [1.54, 1.807) is 12.5 Å². The lowest BCUT2D eigenvalue weighted by atomic mass is 10.2. The molecule has 0 aliphatic carbocycles. The summed E-state index contributed by atoms with van der Waals surface area (Å²) in [6, 6.07) is 14.0. The van der Waals surface area contributed by atoms with Gasteiger partial charge in [0.2, 0.25) is 0 Å². The summed E-state index contributed by atoms with van der Waals surface area (Å²) in [5, 5.41) is 4.40. The Morgan fingerprint density at radius 2 is 1.94 bits per heavy atom. The first-order valence-corrected chi connectivity index (χ1v) is 5.76. The van der Waals surface area contributed by atoms with Crippen molar-refractivity contribution in [2.45, 2.75) is 6.54 Å². The third kappa shape index (κ3) is 2.27. The van der Waals surface area contributed by atoms with E-state index in [1.807, 2.05) is 30.3 Å². The monoisotopic (exact) mass is 236 g/mol. The highest BCUT2D eigenvalue weighted by Gasteiger charge is 1.98. The number of benzene rings is 1. The van der Waals surface area contributed by atoms with E-state index in [2.05, 4.69) is 32.4 Å². The van der Waals surface area contributed by atoms with Crippen molar-refractivity contribution in [1.82, 2.24) is 15.0 Å². The maximum absolute atomic E-state index is 4.54. The molecular formula is C14H12N4. The first-order valence-electron chi connectivity index (χ1n) is 5.76. The molecular weight excluding hydrogens is 224 g/mol. The molecule has 4 nitrogen and oxygen atoms in total. The Morgan fingerprint density at radius 3 is 2.83 bits per heavy atom. The second kappa shape index (κ2) is 4.79. The molecule has 1 aromatic carbocycles. The Hall–Kier alpha value is -2.49. The third-order valence-electron chi connectivity index (χ3n) is 2.69. The SMILES string of the molecule is c1ccc2nc(NCc3ccncn3)ccc2c1. The molecule has 88 valence electrons. The van der Waals surface area contributed by atoms with Crippen molar-refractivity contribution in [3.8, 4) is 0 Å². The molecule has 0 aliphatic rings. The quantitative estimate of drug-likeness (QED) is 0.759. The lowest BCUT2D eigenvalue weighted by Crippen LogP contribution is -2.03. The molecule has 0 saturated carbocycles. The standard InChI is InChI=1S/C14H12N4/c1-2-4-13-11(3-1)5-6-14(18-13)16-9-12-7-8-15-10-17-12/h1-8,10H,9H2,(H,16,18). The van der Waals surface area contributed by atoms with Gasteiger partial charge in [-0.2, -0.15) is 0 Å². The topological polar surface area (TPSA) is 50.7 Å². The van der Waals surface area contributed by atoms with Crippen LogP contribution >= 0.6 is 0 Å². The Labute approximate surface area is 105 Å². The molecule has 0 amide bonds. The number of fused-ring (bicyclic) bond motifs is 1. The van der Waals surface area contributed by atoms with Gasteiger partial charge >= 0.3 is 0 Å². The predicted molar refractivity (Wildman–Crippen MR) is 71.1 cm³/mol. The Balaban J connectivity index is 1.79. The number of pyridine rings is 1. The van der Waals surface area contributed by atoms with Gasteiger partial charge < -0.3 is 5.32 Å². The number of anilines is 1. The summed E-state index contributed by atoms with van der Waals surface area (Å²) in [6.07, 6.45) is 3.28. The van der Waals surface area contributed by atoms with Gasteiger partial charge in [-0.15, -0.1) is 0 Å². The van der Waals surface area contributed by atoms with Crippen LogP contribution in [0, 0.1) is 0 Å².